The minimum absolute atomic E-state index is 0.299. The Morgan fingerprint density at radius 3 is 2.80 bits per heavy atom. The standard InChI is InChI=1S/C20H27N9O/c1-26-14-24-17-18(26)22-13-23-19(17)29-7-3-4-15(12-29)27(2)20-21-6-5-16(25-20)28-8-10-30-11-9-28/h5-6,13-15H,3-4,7-12H2,1-2H3. The second-order valence-corrected chi connectivity index (χ2v) is 7.89. The lowest BCUT2D eigenvalue weighted by Gasteiger charge is -2.38. The largest absolute Gasteiger partial charge is 0.378 e. The van der Waals surface area contributed by atoms with Gasteiger partial charge in [-0.25, -0.2) is 19.9 Å². The van der Waals surface area contributed by atoms with E-state index in [9.17, 15) is 0 Å². The SMILES string of the molecule is CN(c1nccc(N2CCOCC2)n1)C1CCCN(c2ncnc3c2ncn3C)C1. The van der Waals surface area contributed by atoms with Crippen molar-refractivity contribution in [3.63, 3.8) is 0 Å². The molecule has 0 N–H and O–H groups in total. The Labute approximate surface area is 175 Å². The second-order valence-electron chi connectivity index (χ2n) is 7.89. The maximum absolute atomic E-state index is 5.46. The van der Waals surface area contributed by atoms with Crippen LogP contribution in [0.3, 0.4) is 0 Å². The molecule has 10 nitrogen and oxygen atoms in total. The van der Waals surface area contributed by atoms with Gasteiger partial charge in [0, 0.05) is 52.5 Å². The molecule has 1 unspecified atom stereocenters. The molecule has 0 saturated carbocycles. The number of hydrogen-bond acceptors (Lipinski definition) is 9. The summed E-state index contributed by atoms with van der Waals surface area (Å²) in [5.74, 6) is 2.63. The monoisotopic (exact) mass is 409 g/mol. The van der Waals surface area contributed by atoms with Crippen molar-refractivity contribution in [2.45, 2.75) is 18.9 Å². The van der Waals surface area contributed by atoms with Crippen molar-refractivity contribution in [2.24, 2.45) is 7.05 Å². The fourth-order valence-electron chi connectivity index (χ4n) is 4.27. The molecule has 2 fully saturated rings. The zero-order valence-corrected chi connectivity index (χ0v) is 17.5. The van der Waals surface area contributed by atoms with Gasteiger partial charge in [-0.15, -0.1) is 0 Å². The zero-order valence-electron chi connectivity index (χ0n) is 17.5. The van der Waals surface area contributed by atoms with Gasteiger partial charge >= 0.3 is 0 Å². The summed E-state index contributed by atoms with van der Waals surface area (Å²) in [6, 6.07) is 2.28. The number of imidazole rings is 1. The average molecular weight is 409 g/mol. The first-order valence-corrected chi connectivity index (χ1v) is 10.5. The molecular weight excluding hydrogens is 382 g/mol. The van der Waals surface area contributed by atoms with Crippen molar-refractivity contribution in [2.75, 3.05) is 61.1 Å². The lowest BCUT2D eigenvalue weighted by Crippen LogP contribution is -2.47. The number of ether oxygens (including phenoxy) is 1. The Morgan fingerprint density at radius 2 is 1.93 bits per heavy atom. The van der Waals surface area contributed by atoms with Crippen molar-refractivity contribution in [3.8, 4) is 0 Å². The van der Waals surface area contributed by atoms with Crippen molar-refractivity contribution < 1.29 is 4.74 Å². The molecule has 158 valence electrons. The van der Waals surface area contributed by atoms with Gasteiger partial charge in [-0.3, -0.25) is 0 Å². The Bertz CT molecular complexity index is 1020. The number of hydrogen-bond donors (Lipinski definition) is 0. The van der Waals surface area contributed by atoms with Crippen LogP contribution in [0.5, 0.6) is 0 Å². The highest BCUT2D eigenvalue weighted by Gasteiger charge is 2.27. The number of likely N-dealkylation sites (N-methyl/N-ethyl adjacent to an activating group) is 1. The maximum atomic E-state index is 5.46. The number of fused-ring (bicyclic) bond motifs is 1. The summed E-state index contributed by atoms with van der Waals surface area (Å²) in [6.45, 7) is 5.03. The normalized spacial score (nSPS) is 20.0. The predicted molar refractivity (Wildman–Crippen MR) is 115 cm³/mol. The minimum atomic E-state index is 0.299. The highest BCUT2D eigenvalue weighted by atomic mass is 16.5. The molecule has 1 atom stereocenters. The van der Waals surface area contributed by atoms with Crippen molar-refractivity contribution in [1.82, 2.24) is 29.5 Å². The third-order valence-corrected chi connectivity index (χ3v) is 6.00. The number of nitrogens with zero attached hydrogens (tertiary/aromatic N) is 9. The summed E-state index contributed by atoms with van der Waals surface area (Å²) >= 11 is 0. The van der Waals surface area contributed by atoms with Crippen LogP contribution in [0.15, 0.2) is 24.9 Å². The molecule has 3 aromatic rings. The van der Waals surface area contributed by atoms with E-state index in [1.807, 2.05) is 23.9 Å². The van der Waals surface area contributed by atoms with E-state index in [1.54, 1.807) is 12.7 Å². The molecule has 10 heteroatoms. The van der Waals surface area contributed by atoms with Crippen LogP contribution < -0.4 is 14.7 Å². The van der Waals surface area contributed by atoms with E-state index in [2.05, 4.69) is 41.7 Å². The first kappa shape index (κ1) is 19.0. The molecule has 0 bridgehead atoms. The Morgan fingerprint density at radius 1 is 1.07 bits per heavy atom. The highest BCUT2D eigenvalue weighted by molar-refractivity contribution is 5.83. The first-order valence-electron chi connectivity index (χ1n) is 10.5. The summed E-state index contributed by atoms with van der Waals surface area (Å²) < 4.78 is 7.39. The van der Waals surface area contributed by atoms with Gasteiger partial charge in [0.2, 0.25) is 5.95 Å². The van der Waals surface area contributed by atoms with Crippen molar-refractivity contribution >= 4 is 28.7 Å². The maximum Gasteiger partial charge on any atom is 0.227 e. The van der Waals surface area contributed by atoms with Crippen LogP contribution in [0.4, 0.5) is 17.6 Å². The van der Waals surface area contributed by atoms with E-state index in [0.29, 0.717) is 6.04 Å². The van der Waals surface area contributed by atoms with Gasteiger partial charge in [-0.2, -0.15) is 4.98 Å². The number of aryl methyl sites for hydroxylation is 1. The topological polar surface area (TPSA) is 88.3 Å². The molecule has 0 aliphatic carbocycles. The Balaban J connectivity index is 1.35. The van der Waals surface area contributed by atoms with E-state index < -0.39 is 0 Å². The van der Waals surface area contributed by atoms with Crippen LogP contribution in [0.25, 0.3) is 11.2 Å². The second kappa shape index (κ2) is 8.02. The average Bonchev–Trinajstić information content (AvgIpc) is 3.20. The van der Waals surface area contributed by atoms with E-state index in [1.165, 1.54) is 0 Å². The summed E-state index contributed by atoms with van der Waals surface area (Å²) in [4.78, 5) is 29.6. The molecule has 0 amide bonds. The van der Waals surface area contributed by atoms with E-state index in [0.717, 1.165) is 81.0 Å². The minimum Gasteiger partial charge on any atom is -0.378 e. The molecule has 30 heavy (non-hydrogen) atoms. The van der Waals surface area contributed by atoms with Crippen LogP contribution in [-0.4, -0.2) is 82.0 Å². The van der Waals surface area contributed by atoms with Crippen LogP contribution in [0.1, 0.15) is 12.8 Å². The zero-order chi connectivity index (χ0) is 20.5. The molecule has 3 aromatic heterocycles. The van der Waals surface area contributed by atoms with E-state index in [-0.39, 0.29) is 0 Å². The van der Waals surface area contributed by atoms with Gasteiger partial charge in [-0.05, 0) is 18.9 Å². The van der Waals surface area contributed by atoms with Gasteiger partial charge in [0.1, 0.15) is 12.1 Å². The van der Waals surface area contributed by atoms with Crippen molar-refractivity contribution in [3.05, 3.63) is 24.9 Å². The molecule has 5 heterocycles. The van der Waals surface area contributed by atoms with Crippen LogP contribution in [0, 0.1) is 0 Å². The number of anilines is 3. The van der Waals surface area contributed by atoms with Crippen molar-refractivity contribution in [1.29, 1.82) is 0 Å². The van der Waals surface area contributed by atoms with Gasteiger partial charge in [0.15, 0.2) is 17.0 Å². The quantitative estimate of drug-likeness (QED) is 0.628. The lowest BCUT2D eigenvalue weighted by atomic mass is 10.0. The fraction of sp³-hybridized carbons (Fsp3) is 0.550. The van der Waals surface area contributed by atoms with Gasteiger partial charge in [0.25, 0.3) is 0 Å². The highest BCUT2D eigenvalue weighted by Crippen LogP contribution is 2.27. The van der Waals surface area contributed by atoms with Crippen LogP contribution in [0.2, 0.25) is 0 Å². The number of morpholine rings is 1. The van der Waals surface area contributed by atoms with Gasteiger partial charge in [-0.1, -0.05) is 0 Å². The summed E-state index contributed by atoms with van der Waals surface area (Å²) in [6.07, 6.45) is 7.44. The Hall–Kier alpha value is -3.01. The van der Waals surface area contributed by atoms with E-state index in [4.69, 9.17) is 9.72 Å². The molecule has 2 aliphatic rings. The first-order chi connectivity index (χ1) is 14.7. The lowest BCUT2D eigenvalue weighted by molar-refractivity contribution is 0.122. The van der Waals surface area contributed by atoms with Crippen LogP contribution >= 0.6 is 0 Å². The van der Waals surface area contributed by atoms with Gasteiger partial charge in [0.05, 0.1) is 19.5 Å². The van der Waals surface area contributed by atoms with Gasteiger partial charge < -0.3 is 24.0 Å². The molecule has 0 aromatic carbocycles. The molecular formula is C20H27N9O. The molecule has 5 rings (SSSR count). The summed E-state index contributed by atoms with van der Waals surface area (Å²) in [7, 11) is 4.04. The fourth-order valence-corrected chi connectivity index (χ4v) is 4.27. The molecule has 0 radical (unpaired) electrons. The number of aromatic nitrogens is 6. The Kier molecular flexibility index (Phi) is 5.07. The van der Waals surface area contributed by atoms with Crippen LogP contribution in [-0.2, 0) is 11.8 Å². The predicted octanol–water partition coefficient (Wildman–Crippen LogP) is 1.10. The third-order valence-electron chi connectivity index (χ3n) is 6.00. The molecule has 0 spiro atoms. The summed E-state index contributed by atoms with van der Waals surface area (Å²) in [5.41, 5.74) is 1.71. The smallest absolute Gasteiger partial charge is 0.227 e. The van der Waals surface area contributed by atoms with E-state index >= 15 is 0 Å². The number of rotatable bonds is 4. The third kappa shape index (κ3) is 3.51. The number of piperidine rings is 1. The molecule has 2 aliphatic heterocycles. The molecule has 2 saturated heterocycles. The summed E-state index contributed by atoms with van der Waals surface area (Å²) in [5, 5.41) is 0.